The zero-order valence-corrected chi connectivity index (χ0v) is 19.4. The number of hydrogen-bond acceptors (Lipinski definition) is 4. The molecule has 3 aliphatic heterocycles. The van der Waals surface area contributed by atoms with Crippen molar-refractivity contribution in [3.05, 3.63) is 112 Å². The number of hydrogen-bond donors (Lipinski definition) is 1. The van der Waals surface area contributed by atoms with E-state index in [1.807, 2.05) is 24.3 Å². The quantitative estimate of drug-likeness (QED) is 0.722. The molecule has 1 unspecified atom stereocenters. The molecule has 0 spiro atoms. The monoisotopic (exact) mass is 450 g/mol. The molecule has 2 aromatic carbocycles. The number of hydroxylamine groups is 2. The van der Waals surface area contributed by atoms with Crippen LogP contribution in [-0.2, 0) is 13.0 Å². The van der Waals surface area contributed by atoms with Gasteiger partial charge in [0.1, 0.15) is 12.2 Å². The standard InChI is InChI=1S/C29H30N4O/c34-33-21-26(25-9-5-2-6-10-29(25)33)27-14-12-23-11-13-24(19-28(23)30-27)32-17-15-31(16-18-32)20-22-7-3-1-4-8-22/h1-11,13,19,33H,12,14-18,20-21H2. The number of benzene rings is 2. The molecular formula is C29H30N4O. The maximum Gasteiger partial charge on any atom is 0.139 e. The first-order chi connectivity index (χ1) is 16.7. The molecule has 5 nitrogen and oxygen atoms in total. The third kappa shape index (κ3) is 4.18. The van der Waals surface area contributed by atoms with Crippen molar-refractivity contribution in [3.63, 3.8) is 0 Å². The topological polar surface area (TPSA) is 46.3 Å². The number of allylic oxidation sites excluding steroid dienone is 5. The minimum Gasteiger partial charge on any atom is -0.629 e. The molecule has 1 saturated heterocycles. The summed E-state index contributed by atoms with van der Waals surface area (Å²) in [4.78, 5) is 10.1. The fourth-order valence-corrected chi connectivity index (χ4v) is 5.41. The molecule has 0 radical (unpaired) electrons. The summed E-state index contributed by atoms with van der Waals surface area (Å²) < 4.78 is 0. The Bertz CT molecular complexity index is 1230. The highest BCUT2D eigenvalue weighted by Crippen LogP contribution is 2.34. The normalized spacial score (nSPS) is 22.3. The van der Waals surface area contributed by atoms with Gasteiger partial charge in [-0.2, -0.15) is 0 Å². The highest BCUT2D eigenvalue weighted by atomic mass is 16.5. The predicted molar refractivity (Wildman–Crippen MR) is 138 cm³/mol. The van der Waals surface area contributed by atoms with Crippen molar-refractivity contribution < 1.29 is 5.06 Å². The lowest BCUT2D eigenvalue weighted by atomic mass is 9.94. The van der Waals surface area contributed by atoms with E-state index >= 15 is 0 Å². The van der Waals surface area contributed by atoms with Crippen molar-refractivity contribution in [3.8, 4) is 0 Å². The summed E-state index contributed by atoms with van der Waals surface area (Å²) >= 11 is 0. The highest BCUT2D eigenvalue weighted by Gasteiger charge is 2.30. The van der Waals surface area contributed by atoms with Crippen molar-refractivity contribution in [2.75, 3.05) is 37.6 Å². The molecule has 1 fully saturated rings. The molecule has 0 bridgehead atoms. The Balaban J connectivity index is 1.20. The number of rotatable bonds is 4. The van der Waals surface area contributed by atoms with Crippen LogP contribution in [0.5, 0.6) is 0 Å². The molecule has 1 N–H and O–H groups in total. The molecule has 172 valence electrons. The molecule has 1 atom stereocenters. The molecular weight excluding hydrogens is 420 g/mol. The Labute approximate surface area is 201 Å². The lowest BCUT2D eigenvalue weighted by Crippen LogP contribution is -3.03. The number of quaternary nitrogens is 1. The molecule has 6 rings (SSSR count). The third-order valence-electron chi connectivity index (χ3n) is 7.29. The van der Waals surface area contributed by atoms with Crippen LogP contribution in [0.1, 0.15) is 17.5 Å². The SMILES string of the molecule is [O-][NH+]1CC(C2=Nc3cc(N4CCN(Cc5ccccc5)CC4)ccc3CC2)=C2C=CC=CC=C21. The van der Waals surface area contributed by atoms with Crippen LogP contribution < -0.4 is 9.96 Å². The van der Waals surface area contributed by atoms with E-state index in [2.05, 4.69) is 64.4 Å². The van der Waals surface area contributed by atoms with Crippen molar-refractivity contribution >= 4 is 17.1 Å². The van der Waals surface area contributed by atoms with Gasteiger partial charge in [0.2, 0.25) is 0 Å². The Morgan fingerprint density at radius 1 is 0.912 bits per heavy atom. The summed E-state index contributed by atoms with van der Waals surface area (Å²) in [5.41, 5.74) is 9.08. The minimum absolute atomic E-state index is 0.205. The van der Waals surface area contributed by atoms with E-state index in [1.54, 1.807) is 0 Å². The Hall–Kier alpha value is -3.25. The Morgan fingerprint density at radius 3 is 2.62 bits per heavy atom. The van der Waals surface area contributed by atoms with Gasteiger partial charge >= 0.3 is 0 Å². The van der Waals surface area contributed by atoms with Crippen LogP contribution in [0, 0.1) is 5.21 Å². The number of piperazine rings is 1. The van der Waals surface area contributed by atoms with E-state index in [0.717, 1.165) is 73.8 Å². The smallest absolute Gasteiger partial charge is 0.139 e. The van der Waals surface area contributed by atoms with Crippen LogP contribution in [0.2, 0.25) is 0 Å². The third-order valence-corrected chi connectivity index (χ3v) is 7.29. The second-order valence-corrected chi connectivity index (χ2v) is 9.44. The summed E-state index contributed by atoms with van der Waals surface area (Å²) in [5, 5.41) is 12.8. The van der Waals surface area contributed by atoms with Crippen molar-refractivity contribution in [2.24, 2.45) is 4.99 Å². The van der Waals surface area contributed by atoms with Crippen LogP contribution in [0.15, 0.2) is 101 Å². The van der Waals surface area contributed by atoms with Gasteiger partial charge in [-0.15, -0.1) is 0 Å². The van der Waals surface area contributed by atoms with Gasteiger partial charge in [-0.1, -0.05) is 54.6 Å². The molecule has 3 heterocycles. The van der Waals surface area contributed by atoms with Gasteiger partial charge in [0.15, 0.2) is 0 Å². The van der Waals surface area contributed by atoms with Gasteiger partial charge in [-0.3, -0.25) is 9.89 Å². The van der Waals surface area contributed by atoms with Crippen molar-refractivity contribution in [2.45, 2.75) is 19.4 Å². The number of aryl methyl sites for hydroxylation is 1. The van der Waals surface area contributed by atoms with Crippen LogP contribution in [0.3, 0.4) is 0 Å². The van der Waals surface area contributed by atoms with E-state index in [0.29, 0.717) is 6.54 Å². The number of anilines is 1. The summed E-state index contributed by atoms with van der Waals surface area (Å²) in [7, 11) is 0. The molecule has 0 saturated carbocycles. The predicted octanol–water partition coefficient (Wildman–Crippen LogP) is 3.73. The molecule has 0 aromatic heterocycles. The Kier molecular flexibility index (Phi) is 5.75. The van der Waals surface area contributed by atoms with E-state index in [-0.39, 0.29) is 5.06 Å². The lowest BCUT2D eigenvalue weighted by Gasteiger charge is -2.36. The van der Waals surface area contributed by atoms with Gasteiger partial charge in [0, 0.05) is 49.6 Å². The second kappa shape index (κ2) is 9.18. The zero-order valence-electron chi connectivity index (χ0n) is 19.4. The molecule has 0 amide bonds. The van der Waals surface area contributed by atoms with Crippen molar-refractivity contribution in [1.82, 2.24) is 4.90 Å². The minimum atomic E-state index is 0.205. The van der Waals surface area contributed by atoms with E-state index in [1.165, 1.54) is 16.8 Å². The fraction of sp³-hybridized carbons (Fsp3) is 0.276. The van der Waals surface area contributed by atoms with Crippen LogP contribution >= 0.6 is 0 Å². The van der Waals surface area contributed by atoms with Gasteiger partial charge < -0.3 is 15.2 Å². The summed E-state index contributed by atoms with van der Waals surface area (Å²) in [6.45, 7) is 5.66. The number of nitrogens with zero attached hydrogens (tertiary/aromatic N) is 3. The van der Waals surface area contributed by atoms with E-state index in [9.17, 15) is 5.21 Å². The fourth-order valence-electron chi connectivity index (χ4n) is 5.41. The summed E-state index contributed by atoms with van der Waals surface area (Å²) in [5.74, 6) is 0. The van der Waals surface area contributed by atoms with Crippen LogP contribution in [-0.4, -0.2) is 43.3 Å². The first-order valence-corrected chi connectivity index (χ1v) is 12.3. The van der Waals surface area contributed by atoms with Crippen LogP contribution in [0.4, 0.5) is 11.4 Å². The average molecular weight is 451 g/mol. The Morgan fingerprint density at radius 2 is 1.76 bits per heavy atom. The molecule has 34 heavy (non-hydrogen) atoms. The van der Waals surface area contributed by atoms with Gasteiger partial charge in [-0.25, -0.2) is 0 Å². The molecule has 4 aliphatic rings. The van der Waals surface area contributed by atoms with Gasteiger partial charge in [-0.05, 0) is 48.3 Å². The number of nitrogens with one attached hydrogen (secondary N) is 1. The first-order valence-electron chi connectivity index (χ1n) is 12.3. The lowest BCUT2D eigenvalue weighted by molar-refractivity contribution is -0.791. The summed E-state index contributed by atoms with van der Waals surface area (Å²) in [6, 6.07) is 17.5. The molecule has 2 aromatic rings. The van der Waals surface area contributed by atoms with E-state index < -0.39 is 0 Å². The first kappa shape index (κ1) is 21.3. The number of aliphatic imine (C=N–C) groups is 1. The highest BCUT2D eigenvalue weighted by molar-refractivity contribution is 6.05. The van der Waals surface area contributed by atoms with Crippen LogP contribution in [0.25, 0.3) is 0 Å². The number of fused-ring (bicyclic) bond motifs is 2. The average Bonchev–Trinajstić information content (AvgIpc) is 3.03. The summed E-state index contributed by atoms with van der Waals surface area (Å²) in [6.07, 6.45) is 11.8. The zero-order chi connectivity index (χ0) is 22.9. The van der Waals surface area contributed by atoms with E-state index in [4.69, 9.17) is 4.99 Å². The molecule has 5 heteroatoms. The van der Waals surface area contributed by atoms with Crippen molar-refractivity contribution in [1.29, 1.82) is 0 Å². The van der Waals surface area contributed by atoms with Gasteiger partial charge in [0.05, 0.1) is 11.4 Å². The molecule has 1 aliphatic carbocycles. The van der Waals surface area contributed by atoms with Gasteiger partial charge in [0.25, 0.3) is 0 Å². The largest absolute Gasteiger partial charge is 0.629 e. The maximum atomic E-state index is 12.6. The second-order valence-electron chi connectivity index (χ2n) is 9.44. The maximum absolute atomic E-state index is 12.6.